The minimum Gasteiger partial charge on any atom is -0.0991 e. The molecule has 0 aromatic heterocycles. The van der Waals surface area contributed by atoms with E-state index in [1.54, 1.807) is 0 Å². The molecular weight excluding hydrogens is 553 g/mol. The van der Waals surface area contributed by atoms with Crippen LogP contribution < -0.4 is 0 Å². The first-order valence-corrected chi connectivity index (χ1v) is 16.9. The van der Waals surface area contributed by atoms with Crippen molar-refractivity contribution in [3.63, 3.8) is 0 Å². The van der Waals surface area contributed by atoms with Crippen molar-refractivity contribution >= 4 is 28.5 Å². The standard InChI is InChI=1S/C42H40.2C2H6/c1-7-10-22-33(29(4)5)36(18-9-3)42-39-25-13-11-23-37(39)41(38-24-12-14-26-40(38)42)32-21-16-20-31(28-32)35-27-15-19-30(6)34(35)17-8-2;2*1-2/h7-11,13-23,25-28H,1,4,12,24H2,2-3,5-6H3;2*1-2H3/b17-8-,18-9-,22-10-,36-33+;;. The van der Waals surface area contributed by atoms with Gasteiger partial charge >= 0.3 is 0 Å². The SMILES string of the molecule is C=C\C=C/C(C(=C)C)=C(/C=C\C)c1c2c(c(-c3cccc(-c4cccc(C)c4/C=C\C)c3)c3ccccc13)CCC=C2.CC.CC. The van der Waals surface area contributed by atoms with Crippen LogP contribution in [-0.2, 0) is 6.42 Å². The Bertz CT molecular complexity index is 1830. The summed E-state index contributed by atoms with van der Waals surface area (Å²) in [7, 11) is 0. The van der Waals surface area contributed by atoms with E-state index < -0.39 is 0 Å². The Hall–Kier alpha value is -4.68. The van der Waals surface area contributed by atoms with Gasteiger partial charge in [-0.25, -0.2) is 0 Å². The van der Waals surface area contributed by atoms with Crippen molar-refractivity contribution in [3.05, 3.63) is 161 Å². The highest BCUT2D eigenvalue weighted by atomic mass is 14.3. The Kier molecular flexibility index (Phi) is 13.8. The van der Waals surface area contributed by atoms with Gasteiger partial charge in [0.1, 0.15) is 0 Å². The maximum atomic E-state index is 4.36. The van der Waals surface area contributed by atoms with Crippen molar-refractivity contribution in [2.24, 2.45) is 0 Å². The molecular formula is C46H52. The summed E-state index contributed by atoms with van der Waals surface area (Å²) in [6.07, 6.45) is 21.4. The van der Waals surface area contributed by atoms with Crippen LogP contribution in [0.2, 0.25) is 0 Å². The third-order valence-corrected chi connectivity index (χ3v) is 8.08. The topological polar surface area (TPSA) is 0 Å². The van der Waals surface area contributed by atoms with Gasteiger partial charge in [-0.15, -0.1) is 0 Å². The number of hydrogen-bond acceptors (Lipinski definition) is 0. The van der Waals surface area contributed by atoms with E-state index in [1.807, 2.05) is 39.8 Å². The lowest BCUT2D eigenvalue weighted by molar-refractivity contribution is 0.989. The first-order valence-electron chi connectivity index (χ1n) is 16.9. The lowest BCUT2D eigenvalue weighted by atomic mass is 9.78. The summed E-state index contributed by atoms with van der Waals surface area (Å²) in [5.41, 5.74) is 15.0. The smallest absolute Gasteiger partial charge is 0.00237 e. The van der Waals surface area contributed by atoms with Crippen LogP contribution in [0.1, 0.15) is 82.7 Å². The maximum absolute atomic E-state index is 4.36. The quantitative estimate of drug-likeness (QED) is 0.176. The molecule has 0 bridgehead atoms. The summed E-state index contributed by atoms with van der Waals surface area (Å²) in [6, 6.07) is 24.6. The minimum absolute atomic E-state index is 1.01. The minimum atomic E-state index is 1.01. The normalized spacial score (nSPS) is 12.8. The fraction of sp³-hybridized carbons (Fsp3) is 0.217. The van der Waals surface area contributed by atoms with Crippen LogP contribution in [0.15, 0.2) is 134 Å². The van der Waals surface area contributed by atoms with Gasteiger partial charge in [0.05, 0.1) is 0 Å². The zero-order valence-electron chi connectivity index (χ0n) is 29.4. The van der Waals surface area contributed by atoms with Gasteiger partial charge in [-0.05, 0) is 119 Å². The molecule has 0 fully saturated rings. The Morgan fingerprint density at radius 2 is 1.50 bits per heavy atom. The van der Waals surface area contributed by atoms with Crippen LogP contribution in [0.25, 0.3) is 50.8 Å². The fourth-order valence-electron chi connectivity index (χ4n) is 6.27. The van der Waals surface area contributed by atoms with Gasteiger partial charge in [-0.2, -0.15) is 0 Å². The van der Waals surface area contributed by atoms with Gasteiger partial charge < -0.3 is 0 Å². The average molecular weight is 605 g/mol. The zero-order valence-corrected chi connectivity index (χ0v) is 29.4. The van der Waals surface area contributed by atoms with E-state index in [2.05, 4.69) is 150 Å². The number of hydrogen-bond donors (Lipinski definition) is 0. The molecule has 0 radical (unpaired) electrons. The van der Waals surface area contributed by atoms with Crippen molar-refractivity contribution in [2.45, 2.75) is 68.2 Å². The van der Waals surface area contributed by atoms with Crippen LogP contribution >= 0.6 is 0 Å². The Labute approximate surface area is 279 Å². The summed E-state index contributed by atoms with van der Waals surface area (Å²) in [5.74, 6) is 0. The van der Waals surface area contributed by atoms with Crippen molar-refractivity contribution in [3.8, 4) is 22.3 Å². The predicted molar refractivity (Wildman–Crippen MR) is 210 cm³/mol. The number of allylic oxidation sites excluding steroid dienone is 10. The number of fused-ring (bicyclic) bond motifs is 2. The molecule has 1 aliphatic carbocycles. The van der Waals surface area contributed by atoms with Crippen LogP contribution in [-0.4, -0.2) is 0 Å². The van der Waals surface area contributed by atoms with E-state index in [0.29, 0.717) is 0 Å². The number of aryl methyl sites for hydroxylation is 1. The van der Waals surface area contributed by atoms with E-state index in [1.165, 1.54) is 66.4 Å². The largest absolute Gasteiger partial charge is 0.0991 e. The second-order valence-corrected chi connectivity index (χ2v) is 10.9. The van der Waals surface area contributed by atoms with E-state index in [4.69, 9.17) is 0 Å². The molecule has 0 heterocycles. The molecule has 0 aliphatic heterocycles. The molecule has 46 heavy (non-hydrogen) atoms. The molecule has 4 aromatic rings. The van der Waals surface area contributed by atoms with Gasteiger partial charge in [0.2, 0.25) is 0 Å². The second-order valence-electron chi connectivity index (χ2n) is 10.9. The first kappa shape index (κ1) is 35.8. The van der Waals surface area contributed by atoms with Crippen molar-refractivity contribution < 1.29 is 0 Å². The summed E-state index contributed by atoms with van der Waals surface area (Å²) in [4.78, 5) is 0. The molecule has 1 aliphatic rings. The van der Waals surface area contributed by atoms with Gasteiger partial charge in [-0.1, -0.05) is 162 Å². The Morgan fingerprint density at radius 1 is 0.804 bits per heavy atom. The first-order chi connectivity index (χ1) is 22.5. The molecule has 4 aromatic carbocycles. The van der Waals surface area contributed by atoms with Crippen LogP contribution in [0.5, 0.6) is 0 Å². The zero-order chi connectivity index (χ0) is 33.6. The maximum Gasteiger partial charge on any atom is -0.00237 e. The van der Waals surface area contributed by atoms with Crippen LogP contribution in [0.4, 0.5) is 0 Å². The molecule has 0 saturated carbocycles. The molecule has 0 N–H and O–H groups in total. The van der Waals surface area contributed by atoms with Gasteiger partial charge in [0, 0.05) is 0 Å². The highest BCUT2D eigenvalue weighted by Gasteiger charge is 2.23. The molecule has 0 amide bonds. The number of rotatable bonds is 8. The predicted octanol–water partition coefficient (Wildman–Crippen LogP) is 14.2. The molecule has 0 unspecified atom stereocenters. The van der Waals surface area contributed by atoms with Crippen LogP contribution in [0.3, 0.4) is 0 Å². The summed E-state index contributed by atoms with van der Waals surface area (Å²) in [6.45, 7) is 24.7. The summed E-state index contributed by atoms with van der Waals surface area (Å²) < 4.78 is 0. The summed E-state index contributed by atoms with van der Waals surface area (Å²) in [5, 5.41) is 2.54. The molecule has 0 heteroatoms. The molecule has 236 valence electrons. The highest BCUT2D eigenvalue weighted by Crippen LogP contribution is 2.45. The fourth-order valence-corrected chi connectivity index (χ4v) is 6.27. The second kappa shape index (κ2) is 17.7. The third-order valence-electron chi connectivity index (χ3n) is 8.08. The lowest BCUT2D eigenvalue weighted by Crippen LogP contribution is -2.05. The highest BCUT2D eigenvalue weighted by molar-refractivity contribution is 6.09. The van der Waals surface area contributed by atoms with Crippen molar-refractivity contribution in [1.82, 2.24) is 0 Å². The summed E-state index contributed by atoms with van der Waals surface area (Å²) >= 11 is 0. The average Bonchev–Trinajstić information content (AvgIpc) is 3.09. The third kappa shape index (κ3) is 7.57. The van der Waals surface area contributed by atoms with E-state index in [-0.39, 0.29) is 0 Å². The Morgan fingerprint density at radius 3 is 2.17 bits per heavy atom. The Balaban J connectivity index is 0.00000139. The molecule has 0 spiro atoms. The molecule has 0 atom stereocenters. The van der Waals surface area contributed by atoms with E-state index >= 15 is 0 Å². The lowest BCUT2D eigenvalue weighted by Gasteiger charge is -2.25. The van der Waals surface area contributed by atoms with Crippen LogP contribution in [0, 0.1) is 6.92 Å². The monoisotopic (exact) mass is 604 g/mol. The molecule has 5 rings (SSSR count). The van der Waals surface area contributed by atoms with Crippen molar-refractivity contribution in [2.75, 3.05) is 0 Å². The van der Waals surface area contributed by atoms with Gasteiger partial charge in [0.25, 0.3) is 0 Å². The molecule has 0 saturated heterocycles. The number of benzene rings is 4. The van der Waals surface area contributed by atoms with E-state index in [0.717, 1.165) is 24.0 Å². The van der Waals surface area contributed by atoms with E-state index in [9.17, 15) is 0 Å². The van der Waals surface area contributed by atoms with Gasteiger partial charge in [0.15, 0.2) is 0 Å². The van der Waals surface area contributed by atoms with Gasteiger partial charge in [-0.3, -0.25) is 0 Å². The van der Waals surface area contributed by atoms with Crippen molar-refractivity contribution in [1.29, 1.82) is 0 Å². The molecule has 0 nitrogen and oxygen atoms in total.